The van der Waals surface area contributed by atoms with Crippen molar-refractivity contribution in [2.45, 2.75) is 20.3 Å². The Morgan fingerprint density at radius 1 is 1.17 bits per heavy atom. The van der Waals surface area contributed by atoms with E-state index in [1.165, 1.54) is 0 Å². The third kappa shape index (κ3) is 4.67. The van der Waals surface area contributed by atoms with Crippen molar-refractivity contribution in [2.75, 3.05) is 23.4 Å². The van der Waals surface area contributed by atoms with Gasteiger partial charge < -0.3 is 5.32 Å². The fraction of sp³-hybridized carbons (Fsp3) is 0.500. The second-order valence-corrected chi connectivity index (χ2v) is 7.28. The van der Waals surface area contributed by atoms with Crippen molar-refractivity contribution in [3.63, 3.8) is 0 Å². The number of aryl methyl sites for hydroxylation is 1. The van der Waals surface area contributed by atoms with E-state index in [-0.39, 0.29) is 11.5 Å². The van der Waals surface area contributed by atoms with Crippen LogP contribution in [0.15, 0.2) is 12.1 Å². The average Bonchev–Trinajstić information content (AvgIpc) is 2.25. The summed E-state index contributed by atoms with van der Waals surface area (Å²) in [6.07, 6.45) is 0.638. The molecule has 1 aromatic carbocycles. The highest BCUT2D eigenvalue weighted by atomic mass is 35.5. The summed E-state index contributed by atoms with van der Waals surface area (Å²) in [5.41, 5.74) is 1.56. The summed E-state index contributed by atoms with van der Waals surface area (Å²) >= 11 is 12.0. The monoisotopic (exact) mass is 309 g/mol. The van der Waals surface area contributed by atoms with Gasteiger partial charge in [-0.2, -0.15) is 0 Å². The molecule has 0 atom stereocenters. The van der Waals surface area contributed by atoms with E-state index in [4.69, 9.17) is 23.2 Å². The summed E-state index contributed by atoms with van der Waals surface area (Å²) in [6.45, 7) is 4.05. The highest BCUT2D eigenvalue weighted by molar-refractivity contribution is 7.91. The number of anilines is 1. The Labute approximate surface area is 118 Å². The smallest absolute Gasteiger partial charge is 0.152 e. The molecule has 0 heterocycles. The van der Waals surface area contributed by atoms with E-state index < -0.39 is 9.84 Å². The van der Waals surface area contributed by atoms with Crippen LogP contribution in [0.3, 0.4) is 0 Å². The van der Waals surface area contributed by atoms with Crippen LogP contribution in [0.1, 0.15) is 18.9 Å². The number of hydrogen-bond acceptors (Lipinski definition) is 3. The van der Waals surface area contributed by atoms with Gasteiger partial charge in [-0.05, 0) is 31.0 Å². The van der Waals surface area contributed by atoms with Gasteiger partial charge in [-0.15, -0.1) is 0 Å². The lowest BCUT2D eigenvalue weighted by Gasteiger charge is -2.10. The van der Waals surface area contributed by atoms with Gasteiger partial charge in [0.1, 0.15) is 0 Å². The van der Waals surface area contributed by atoms with Crippen molar-refractivity contribution < 1.29 is 8.42 Å². The Hall–Kier alpha value is -0.450. The van der Waals surface area contributed by atoms with Crippen LogP contribution in [0, 0.1) is 6.92 Å². The van der Waals surface area contributed by atoms with Crippen molar-refractivity contribution in [3.8, 4) is 0 Å². The molecule has 0 spiro atoms. The molecule has 1 N–H and O–H groups in total. The van der Waals surface area contributed by atoms with E-state index in [1.807, 2.05) is 13.8 Å². The molecule has 0 aliphatic heterocycles. The first-order valence-electron chi connectivity index (χ1n) is 5.75. The molecule has 0 radical (unpaired) electrons. The van der Waals surface area contributed by atoms with E-state index in [0.717, 1.165) is 5.56 Å². The zero-order valence-electron chi connectivity index (χ0n) is 10.5. The van der Waals surface area contributed by atoms with Crippen LogP contribution in [0.25, 0.3) is 0 Å². The lowest BCUT2D eigenvalue weighted by Crippen LogP contribution is -2.18. The Morgan fingerprint density at radius 3 is 2.44 bits per heavy atom. The summed E-state index contributed by atoms with van der Waals surface area (Å²) in [4.78, 5) is 0. The third-order valence-electron chi connectivity index (χ3n) is 2.49. The standard InChI is InChI=1S/C12H17Cl2NO2S/c1-3-5-18(16,17)6-4-15-12-8-10(13)9(2)7-11(12)14/h7-8,15H,3-6H2,1-2H3. The summed E-state index contributed by atoms with van der Waals surface area (Å²) in [7, 11) is -2.97. The van der Waals surface area contributed by atoms with E-state index in [0.29, 0.717) is 28.7 Å². The van der Waals surface area contributed by atoms with Crippen molar-refractivity contribution >= 4 is 38.7 Å². The van der Waals surface area contributed by atoms with Gasteiger partial charge in [-0.25, -0.2) is 8.42 Å². The van der Waals surface area contributed by atoms with Crippen molar-refractivity contribution in [2.24, 2.45) is 0 Å². The van der Waals surface area contributed by atoms with Crippen molar-refractivity contribution in [3.05, 3.63) is 27.7 Å². The van der Waals surface area contributed by atoms with E-state index in [1.54, 1.807) is 12.1 Å². The van der Waals surface area contributed by atoms with Gasteiger partial charge in [0.05, 0.1) is 16.5 Å². The fourth-order valence-electron chi connectivity index (χ4n) is 1.54. The van der Waals surface area contributed by atoms with Gasteiger partial charge in [0, 0.05) is 17.3 Å². The van der Waals surface area contributed by atoms with E-state index >= 15 is 0 Å². The summed E-state index contributed by atoms with van der Waals surface area (Å²) < 4.78 is 23.1. The predicted molar refractivity (Wildman–Crippen MR) is 78.6 cm³/mol. The van der Waals surface area contributed by atoms with Crippen LogP contribution >= 0.6 is 23.2 Å². The Bertz CT molecular complexity index is 515. The molecule has 6 heteroatoms. The molecule has 0 fully saturated rings. The minimum Gasteiger partial charge on any atom is -0.383 e. The molecule has 18 heavy (non-hydrogen) atoms. The first-order valence-corrected chi connectivity index (χ1v) is 8.33. The zero-order valence-corrected chi connectivity index (χ0v) is 12.8. The minimum atomic E-state index is -2.97. The summed E-state index contributed by atoms with van der Waals surface area (Å²) in [5, 5.41) is 4.16. The number of benzene rings is 1. The first kappa shape index (κ1) is 15.6. The minimum absolute atomic E-state index is 0.0999. The maximum absolute atomic E-state index is 11.5. The molecule has 0 amide bonds. The third-order valence-corrected chi connectivity index (χ3v) is 5.07. The highest BCUT2D eigenvalue weighted by Gasteiger charge is 2.10. The van der Waals surface area contributed by atoms with Crippen molar-refractivity contribution in [1.82, 2.24) is 0 Å². The van der Waals surface area contributed by atoms with E-state index in [2.05, 4.69) is 5.32 Å². The molecule has 0 bridgehead atoms. The van der Waals surface area contributed by atoms with Gasteiger partial charge in [0.25, 0.3) is 0 Å². The molecule has 0 saturated carbocycles. The quantitative estimate of drug-likeness (QED) is 0.874. The number of hydrogen-bond donors (Lipinski definition) is 1. The van der Waals surface area contributed by atoms with Gasteiger partial charge in [-0.1, -0.05) is 30.1 Å². The Balaban J connectivity index is 2.62. The van der Waals surface area contributed by atoms with Gasteiger partial charge in [0.15, 0.2) is 9.84 Å². The molecule has 1 aromatic rings. The van der Waals surface area contributed by atoms with Gasteiger partial charge in [-0.3, -0.25) is 0 Å². The second kappa shape index (κ2) is 6.64. The van der Waals surface area contributed by atoms with Gasteiger partial charge >= 0.3 is 0 Å². The van der Waals surface area contributed by atoms with Crippen LogP contribution in [0.4, 0.5) is 5.69 Å². The molecule has 1 rings (SSSR count). The van der Waals surface area contributed by atoms with E-state index in [9.17, 15) is 8.42 Å². The normalized spacial score (nSPS) is 11.6. The summed E-state index contributed by atoms with van der Waals surface area (Å²) in [6, 6.07) is 3.47. The lowest BCUT2D eigenvalue weighted by atomic mass is 10.2. The van der Waals surface area contributed by atoms with Gasteiger partial charge in [0.2, 0.25) is 0 Å². The van der Waals surface area contributed by atoms with Crippen LogP contribution in [0.2, 0.25) is 10.0 Å². The number of sulfone groups is 1. The molecule has 3 nitrogen and oxygen atoms in total. The first-order chi connectivity index (χ1) is 8.35. The SMILES string of the molecule is CCCS(=O)(=O)CCNc1cc(Cl)c(C)cc1Cl. The number of halogens is 2. The molecule has 0 saturated heterocycles. The number of nitrogens with one attached hydrogen (secondary N) is 1. The van der Waals surface area contributed by atoms with Crippen molar-refractivity contribution in [1.29, 1.82) is 0 Å². The number of rotatable bonds is 6. The maximum Gasteiger partial charge on any atom is 0.152 e. The molecule has 102 valence electrons. The molecule has 0 unspecified atom stereocenters. The maximum atomic E-state index is 11.5. The molecular formula is C12H17Cl2NO2S. The molecule has 0 aliphatic rings. The second-order valence-electron chi connectivity index (χ2n) is 4.16. The zero-order chi connectivity index (χ0) is 13.8. The predicted octanol–water partition coefficient (Wildman–Crippen LogP) is 3.54. The molecule has 0 aliphatic carbocycles. The molecular weight excluding hydrogens is 293 g/mol. The highest BCUT2D eigenvalue weighted by Crippen LogP contribution is 2.28. The molecule has 0 aromatic heterocycles. The van der Waals surface area contributed by atoms with Crippen LogP contribution in [-0.4, -0.2) is 26.5 Å². The Morgan fingerprint density at radius 2 is 1.83 bits per heavy atom. The van der Waals surface area contributed by atoms with Crippen LogP contribution < -0.4 is 5.32 Å². The largest absolute Gasteiger partial charge is 0.383 e. The topological polar surface area (TPSA) is 46.2 Å². The lowest BCUT2D eigenvalue weighted by molar-refractivity contribution is 0.595. The average molecular weight is 310 g/mol. The van der Waals surface area contributed by atoms with Crippen LogP contribution in [0.5, 0.6) is 0 Å². The Kier molecular flexibility index (Phi) is 5.76. The van der Waals surface area contributed by atoms with Crippen LogP contribution in [-0.2, 0) is 9.84 Å². The summed E-state index contributed by atoms with van der Waals surface area (Å²) in [5.74, 6) is 0.319. The fourth-order valence-corrected chi connectivity index (χ4v) is 3.22.